The normalized spacial score (nSPS) is 11.5. The number of halogens is 1. The lowest BCUT2D eigenvalue weighted by atomic mass is 10.1. The molecule has 4 aromatic carbocycles. The van der Waals surface area contributed by atoms with Crippen molar-refractivity contribution < 1.29 is 8.42 Å². The van der Waals surface area contributed by atoms with Gasteiger partial charge in [-0.3, -0.25) is 0 Å². The Labute approximate surface area is 204 Å². The molecule has 0 unspecified atom stereocenters. The summed E-state index contributed by atoms with van der Waals surface area (Å²) in [6, 6.07) is 33.0. The van der Waals surface area contributed by atoms with E-state index in [9.17, 15) is 8.42 Å². The second kappa shape index (κ2) is 8.93. The molecule has 34 heavy (non-hydrogen) atoms. The lowest BCUT2D eigenvalue weighted by Gasteiger charge is -2.12. The second-order valence-electron chi connectivity index (χ2n) is 7.96. The average Bonchev–Trinajstić information content (AvgIpc) is 3.27. The van der Waals surface area contributed by atoms with Crippen LogP contribution in [-0.4, -0.2) is 18.2 Å². The van der Waals surface area contributed by atoms with E-state index in [4.69, 9.17) is 16.7 Å². The van der Waals surface area contributed by atoms with Crippen molar-refractivity contribution in [2.75, 3.05) is 0 Å². The lowest BCUT2D eigenvalue weighted by Crippen LogP contribution is -2.06. The first kappa shape index (κ1) is 22.1. The molecule has 168 valence electrons. The molecule has 0 aliphatic heterocycles. The number of nitrogens with zero attached hydrogens (tertiary/aromatic N) is 2. The number of hydrogen-bond donors (Lipinski definition) is 0. The van der Waals surface area contributed by atoms with Gasteiger partial charge in [-0.05, 0) is 43.3 Å². The number of benzene rings is 4. The van der Waals surface area contributed by atoms with Crippen LogP contribution >= 0.6 is 11.6 Å². The van der Waals surface area contributed by atoms with E-state index >= 15 is 0 Å². The largest absolute Gasteiger partial charge is 0.231 e. The maximum absolute atomic E-state index is 14.2. The van der Waals surface area contributed by atoms with Crippen molar-refractivity contribution in [3.63, 3.8) is 0 Å². The number of aryl methyl sites for hydroxylation is 1. The molecule has 0 saturated carbocycles. The molecule has 1 heterocycles. The summed E-state index contributed by atoms with van der Waals surface area (Å²) >= 11 is 6.16. The number of hydrogen-bond acceptors (Lipinski definition) is 3. The van der Waals surface area contributed by atoms with Crippen LogP contribution in [0.5, 0.6) is 0 Å². The predicted octanol–water partition coefficient (Wildman–Crippen LogP) is 7.00. The van der Waals surface area contributed by atoms with E-state index in [0.29, 0.717) is 22.0 Å². The van der Waals surface area contributed by atoms with E-state index in [-0.39, 0.29) is 9.79 Å². The monoisotopic (exact) mass is 484 g/mol. The number of aromatic nitrogens is 2. The molecule has 0 amide bonds. The van der Waals surface area contributed by atoms with Crippen molar-refractivity contribution in [1.29, 1.82) is 0 Å². The zero-order valence-corrected chi connectivity index (χ0v) is 20.0. The second-order valence-corrected chi connectivity index (χ2v) is 10.3. The fourth-order valence-corrected chi connectivity index (χ4v) is 5.62. The number of rotatable bonds is 5. The molecule has 1 aromatic heterocycles. The highest BCUT2D eigenvalue weighted by Gasteiger charge is 2.32. The van der Waals surface area contributed by atoms with Crippen LogP contribution in [0.3, 0.4) is 0 Å². The SMILES string of the molecule is Cc1ccc(S(=O)(=O)c2c(-c3ccccc3)nn(-c3ccccc3)c2-c2ccc(Cl)cc2)cc1. The molecule has 0 bridgehead atoms. The van der Waals surface area contributed by atoms with Crippen LogP contribution in [0, 0.1) is 6.92 Å². The summed E-state index contributed by atoms with van der Waals surface area (Å²) in [5.41, 5.74) is 4.05. The molecule has 0 atom stereocenters. The Kier molecular flexibility index (Phi) is 5.82. The summed E-state index contributed by atoms with van der Waals surface area (Å²) in [4.78, 5) is 0.381. The van der Waals surface area contributed by atoms with E-state index in [1.807, 2.05) is 79.7 Å². The molecule has 5 rings (SSSR count). The summed E-state index contributed by atoms with van der Waals surface area (Å²) in [6.45, 7) is 1.93. The molecular weight excluding hydrogens is 464 g/mol. The van der Waals surface area contributed by atoms with Gasteiger partial charge in [0.05, 0.1) is 16.3 Å². The standard InChI is InChI=1S/C28H21ClN2O2S/c1-20-12-18-25(19-13-20)34(32,33)28-26(21-8-4-2-5-9-21)30-31(24-10-6-3-7-11-24)27(28)22-14-16-23(29)17-15-22/h2-19H,1H3. The van der Waals surface area contributed by atoms with Crippen molar-refractivity contribution in [1.82, 2.24) is 9.78 Å². The van der Waals surface area contributed by atoms with Gasteiger partial charge in [-0.2, -0.15) is 5.10 Å². The van der Waals surface area contributed by atoms with Crippen LogP contribution in [0.1, 0.15) is 5.56 Å². The molecule has 0 saturated heterocycles. The molecule has 0 aliphatic rings. The molecule has 0 N–H and O–H groups in total. The van der Waals surface area contributed by atoms with Crippen molar-refractivity contribution in [2.24, 2.45) is 0 Å². The van der Waals surface area contributed by atoms with E-state index in [1.54, 1.807) is 41.1 Å². The first-order valence-electron chi connectivity index (χ1n) is 10.8. The van der Waals surface area contributed by atoms with E-state index < -0.39 is 9.84 Å². The summed E-state index contributed by atoms with van der Waals surface area (Å²) in [5.74, 6) is 0. The Bertz CT molecular complexity index is 1540. The smallest absolute Gasteiger partial charge is 0.210 e. The third-order valence-corrected chi connectivity index (χ3v) is 7.68. The molecule has 5 aromatic rings. The maximum atomic E-state index is 14.2. The zero-order valence-electron chi connectivity index (χ0n) is 18.4. The van der Waals surface area contributed by atoms with E-state index in [2.05, 4.69) is 0 Å². The first-order valence-corrected chi connectivity index (χ1v) is 12.6. The van der Waals surface area contributed by atoms with Gasteiger partial charge >= 0.3 is 0 Å². The van der Waals surface area contributed by atoms with E-state index in [0.717, 1.165) is 16.8 Å². The van der Waals surface area contributed by atoms with Gasteiger partial charge in [-0.25, -0.2) is 13.1 Å². The highest BCUT2D eigenvalue weighted by atomic mass is 35.5. The van der Waals surface area contributed by atoms with Crippen LogP contribution < -0.4 is 0 Å². The summed E-state index contributed by atoms with van der Waals surface area (Å²) < 4.78 is 30.0. The van der Waals surface area contributed by atoms with Crippen molar-refractivity contribution in [2.45, 2.75) is 16.7 Å². The minimum atomic E-state index is -3.93. The summed E-state index contributed by atoms with van der Waals surface area (Å²) in [6.07, 6.45) is 0. The third kappa shape index (κ3) is 4.04. The number of sulfone groups is 1. The van der Waals surface area contributed by atoms with Crippen LogP contribution in [0.15, 0.2) is 119 Å². The molecule has 0 spiro atoms. The number of para-hydroxylation sites is 1. The van der Waals surface area contributed by atoms with Crippen molar-refractivity contribution in [3.05, 3.63) is 120 Å². The Morgan fingerprint density at radius 2 is 1.29 bits per heavy atom. The molecule has 4 nitrogen and oxygen atoms in total. The van der Waals surface area contributed by atoms with Crippen molar-refractivity contribution >= 4 is 21.4 Å². The highest BCUT2D eigenvalue weighted by molar-refractivity contribution is 7.91. The summed E-state index contributed by atoms with van der Waals surface area (Å²) in [7, 11) is -3.93. The summed E-state index contributed by atoms with van der Waals surface area (Å²) in [5, 5.41) is 5.43. The van der Waals surface area contributed by atoms with Crippen LogP contribution in [0.25, 0.3) is 28.2 Å². The third-order valence-electron chi connectivity index (χ3n) is 5.61. The fraction of sp³-hybridized carbons (Fsp3) is 0.0357. The highest BCUT2D eigenvalue weighted by Crippen LogP contribution is 2.40. The Balaban J connectivity index is 1.90. The van der Waals surface area contributed by atoms with Crippen LogP contribution in [0.2, 0.25) is 5.02 Å². The predicted molar refractivity (Wildman–Crippen MR) is 136 cm³/mol. The fourth-order valence-electron chi connectivity index (χ4n) is 3.90. The zero-order chi connectivity index (χ0) is 23.7. The van der Waals surface area contributed by atoms with Crippen molar-refractivity contribution in [3.8, 4) is 28.2 Å². The van der Waals surface area contributed by atoms with Gasteiger partial charge in [-0.1, -0.05) is 90.0 Å². The topological polar surface area (TPSA) is 52.0 Å². The van der Waals surface area contributed by atoms with Gasteiger partial charge < -0.3 is 0 Å². The molecule has 0 radical (unpaired) electrons. The average molecular weight is 485 g/mol. The van der Waals surface area contributed by atoms with Gasteiger partial charge in [0.2, 0.25) is 9.84 Å². The molecule has 6 heteroatoms. The van der Waals surface area contributed by atoms with E-state index in [1.165, 1.54) is 0 Å². The maximum Gasteiger partial charge on any atom is 0.210 e. The molecular formula is C28H21ClN2O2S. The Hall–Kier alpha value is -3.67. The Morgan fingerprint density at radius 3 is 1.91 bits per heavy atom. The van der Waals surface area contributed by atoms with Crippen LogP contribution in [0.4, 0.5) is 0 Å². The quantitative estimate of drug-likeness (QED) is 0.270. The first-order chi connectivity index (χ1) is 16.4. The Morgan fingerprint density at radius 1 is 0.706 bits per heavy atom. The molecule has 0 fully saturated rings. The minimum absolute atomic E-state index is 0.161. The lowest BCUT2D eigenvalue weighted by molar-refractivity contribution is 0.596. The van der Waals surface area contributed by atoms with Gasteiger partial charge in [-0.15, -0.1) is 0 Å². The van der Waals surface area contributed by atoms with Gasteiger partial charge in [0.25, 0.3) is 0 Å². The minimum Gasteiger partial charge on any atom is -0.231 e. The molecule has 0 aliphatic carbocycles. The van der Waals surface area contributed by atoms with Gasteiger partial charge in [0.1, 0.15) is 10.6 Å². The van der Waals surface area contributed by atoms with Crippen LogP contribution in [-0.2, 0) is 9.84 Å². The van der Waals surface area contributed by atoms with Gasteiger partial charge in [0.15, 0.2) is 0 Å². The van der Waals surface area contributed by atoms with Gasteiger partial charge in [0, 0.05) is 16.1 Å².